The SMILES string of the molecule is CCCc1nccn1Cc1ccc(CCNCC)cc1. The van der Waals surface area contributed by atoms with E-state index in [9.17, 15) is 0 Å². The number of aryl methyl sites for hydroxylation is 1. The molecule has 0 atom stereocenters. The van der Waals surface area contributed by atoms with Gasteiger partial charge in [0.2, 0.25) is 0 Å². The molecule has 3 heteroatoms. The number of nitrogens with zero attached hydrogens (tertiary/aromatic N) is 2. The Hall–Kier alpha value is -1.61. The highest BCUT2D eigenvalue weighted by Gasteiger charge is 2.02. The molecule has 0 saturated carbocycles. The summed E-state index contributed by atoms with van der Waals surface area (Å²) in [6, 6.07) is 8.94. The lowest BCUT2D eigenvalue weighted by molar-refractivity contribution is 0.703. The maximum atomic E-state index is 4.42. The lowest BCUT2D eigenvalue weighted by atomic mass is 10.1. The highest BCUT2D eigenvalue weighted by molar-refractivity contribution is 5.23. The summed E-state index contributed by atoms with van der Waals surface area (Å²) in [7, 11) is 0. The molecule has 2 aromatic rings. The van der Waals surface area contributed by atoms with E-state index >= 15 is 0 Å². The fraction of sp³-hybridized carbons (Fsp3) is 0.471. The van der Waals surface area contributed by atoms with Gasteiger partial charge in [-0.3, -0.25) is 0 Å². The average Bonchev–Trinajstić information content (AvgIpc) is 2.89. The normalized spacial score (nSPS) is 10.9. The van der Waals surface area contributed by atoms with Crippen molar-refractivity contribution in [2.24, 2.45) is 0 Å². The van der Waals surface area contributed by atoms with Crippen LogP contribution in [0.25, 0.3) is 0 Å². The second kappa shape index (κ2) is 7.85. The number of likely N-dealkylation sites (N-methyl/N-ethyl adjacent to an activating group) is 1. The second-order valence-corrected chi connectivity index (χ2v) is 5.14. The molecule has 1 aromatic heterocycles. The summed E-state index contributed by atoms with van der Waals surface area (Å²) < 4.78 is 2.25. The van der Waals surface area contributed by atoms with Crippen LogP contribution in [-0.2, 0) is 19.4 Å². The summed E-state index contributed by atoms with van der Waals surface area (Å²) in [6.07, 6.45) is 7.26. The molecule has 0 radical (unpaired) electrons. The molecule has 0 aliphatic carbocycles. The molecule has 0 unspecified atom stereocenters. The first-order valence-corrected chi connectivity index (χ1v) is 7.62. The van der Waals surface area contributed by atoms with Gasteiger partial charge in [-0.15, -0.1) is 0 Å². The van der Waals surface area contributed by atoms with Crippen molar-refractivity contribution >= 4 is 0 Å². The van der Waals surface area contributed by atoms with Gasteiger partial charge in [-0.1, -0.05) is 38.1 Å². The number of nitrogens with one attached hydrogen (secondary N) is 1. The molecule has 0 saturated heterocycles. The number of hydrogen-bond donors (Lipinski definition) is 1. The molecule has 1 N–H and O–H groups in total. The van der Waals surface area contributed by atoms with E-state index in [0.29, 0.717) is 0 Å². The fourth-order valence-electron chi connectivity index (χ4n) is 2.35. The van der Waals surface area contributed by atoms with Crippen LogP contribution in [0.5, 0.6) is 0 Å². The molecule has 1 aromatic carbocycles. The summed E-state index contributed by atoms with van der Waals surface area (Å²) in [5.41, 5.74) is 2.74. The third-order valence-electron chi connectivity index (χ3n) is 3.49. The molecule has 3 nitrogen and oxygen atoms in total. The minimum Gasteiger partial charge on any atom is -0.331 e. The van der Waals surface area contributed by atoms with Gasteiger partial charge in [0.05, 0.1) is 0 Å². The lowest BCUT2D eigenvalue weighted by Crippen LogP contribution is -2.16. The highest BCUT2D eigenvalue weighted by Crippen LogP contribution is 2.09. The summed E-state index contributed by atoms with van der Waals surface area (Å²) in [5, 5.41) is 3.36. The third kappa shape index (κ3) is 4.20. The first-order valence-electron chi connectivity index (χ1n) is 7.62. The standard InChI is InChI=1S/C17H25N3/c1-3-5-17-19-12-13-20(17)14-16-8-6-15(7-9-16)10-11-18-4-2/h6-9,12-13,18H,3-5,10-11,14H2,1-2H3. The van der Waals surface area contributed by atoms with Crippen molar-refractivity contribution in [1.29, 1.82) is 0 Å². The summed E-state index contributed by atoms with van der Waals surface area (Å²) in [6.45, 7) is 7.35. The van der Waals surface area contributed by atoms with Crippen molar-refractivity contribution in [3.05, 3.63) is 53.6 Å². The Morgan fingerprint density at radius 3 is 2.50 bits per heavy atom. The Balaban J connectivity index is 1.94. The van der Waals surface area contributed by atoms with E-state index in [1.807, 2.05) is 6.20 Å². The average molecular weight is 271 g/mol. The minimum atomic E-state index is 0.919. The Morgan fingerprint density at radius 2 is 1.80 bits per heavy atom. The van der Waals surface area contributed by atoms with E-state index in [1.54, 1.807) is 0 Å². The lowest BCUT2D eigenvalue weighted by Gasteiger charge is -2.08. The summed E-state index contributed by atoms with van der Waals surface area (Å²) in [4.78, 5) is 4.42. The maximum absolute atomic E-state index is 4.42. The molecule has 0 amide bonds. The van der Waals surface area contributed by atoms with Crippen LogP contribution in [0.1, 0.15) is 37.2 Å². The van der Waals surface area contributed by atoms with E-state index in [1.165, 1.54) is 17.0 Å². The maximum Gasteiger partial charge on any atom is 0.108 e. The van der Waals surface area contributed by atoms with E-state index in [-0.39, 0.29) is 0 Å². The summed E-state index contributed by atoms with van der Waals surface area (Å²) in [5.74, 6) is 1.18. The van der Waals surface area contributed by atoms with Crippen LogP contribution in [-0.4, -0.2) is 22.6 Å². The monoisotopic (exact) mass is 271 g/mol. The molecule has 1 heterocycles. The Bertz CT molecular complexity index is 499. The first-order chi connectivity index (χ1) is 9.83. The predicted molar refractivity (Wildman–Crippen MR) is 84.0 cm³/mol. The van der Waals surface area contributed by atoms with Crippen molar-refractivity contribution in [1.82, 2.24) is 14.9 Å². The van der Waals surface area contributed by atoms with Gasteiger partial charge in [0.1, 0.15) is 5.82 Å². The van der Waals surface area contributed by atoms with Crippen molar-refractivity contribution < 1.29 is 0 Å². The highest BCUT2D eigenvalue weighted by atomic mass is 15.1. The van der Waals surface area contributed by atoms with Gasteiger partial charge in [-0.25, -0.2) is 4.98 Å². The molecule has 108 valence electrons. The largest absolute Gasteiger partial charge is 0.331 e. The van der Waals surface area contributed by atoms with Crippen molar-refractivity contribution in [3.63, 3.8) is 0 Å². The van der Waals surface area contributed by atoms with Crippen molar-refractivity contribution in [2.45, 2.75) is 39.7 Å². The number of hydrogen-bond acceptors (Lipinski definition) is 2. The molecule has 0 bridgehead atoms. The van der Waals surface area contributed by atoms with E-state index in [4.69, 9.17) is 0 Å². The van der Waals surface area contributed by atoms with Crippen LogP contribution in [0.2, 0.25) is 0 Å². The van der Waals surface area contributed by atoms with Gasteiger partial charge in [0.15, 0.2) is 0 Å². The zero-order valence-corrected chi connectivity index (χ0v) is 12.6. The van der Waals surface area contributed by atoms with Gasteiger partial charge in [-0.05, 0) is 37.1 Å². The van der Waals surface area contributed by atoms with Gasteiger partial charge in [-0.2, -0.15) is 0 Å². The number of aromatic nitrogens is 2. The van der Waals surface area contributed by atoms with Gasteiger partial charge < -0.3 is 9.88 Å². The van der Waals surface area contributed by atoms with Crippen molar-refractivity contribution in [2.75, 3.05) is 13.1 Å². The number of rotatable bonds is 8. The van der Waals surface area contributed by atoms with Crippen LogP contribution < -0.4 is 5.32 Å². The number of benzene rings is 1. The van der Waals surface area contributed by atoms with Crippen LogP contribution in [0.3, 0.4) is 0 Å². The van der Waals surface area contributed by atoms with Crippen LogP contribution in [0.4, 0.5) is 0 Å². The summed E-state index contributed by atoms with van der Waals surface area (Å²) >= 11 is 0. The molecule has 20 heavy (non-hydrogen) atoms. The zero-order chi connectivity index (χ0) is 14.2. The Morgan fingerprint density at radius 1 is 1.05 bits per heavy atom. The van der Waals surface area contributed by atoms with Gasteiger partial charge in [0.25, 0.3) is 0 Å². The molecular weight excluding hydrogens is 246 g/mol. The molecular formula is C17H25N3. The molecule has 0 fully saturated rings. The Kier molecular flexibility index (Phi) is 5.81. The Labute approximate surface area is 122 Å². The van der Waals surface area contributed by atoms with E-state index in [0.717, 1.165) is 38.9 Å². The first kappa shape index (κ1) is 14.8. The minimum absolute atomic E-state index is 0.919. The second-order valence-electron chi connectivity index (χ2n) is 5.14. The zero-order valence-electron chi connectivity index (χ0n) is 12.6. The molecule has 0 spiro atoms. The van der Waals surface area contributed by atoms with Gasteiger partial charge >= 0.3 is 0 Å². The quantitative estimate of drug-likeness (QED) is 0.748. The molecule has 2 rings (SSSR count). The smallest absolute Gasteiger partial charge is 0.108 e. The third-order valence-corrected chi connectivity index (χ3v) is 3.49. The molecule has 0 aliphatic rings. The predicted octanol–water partition coefficient (Wildman–Crippen LogP) is 3.04. The van der Waals surface area contributed by atoms with Crippen LogP contribution >= 0.6 is 0 Å². The van der Waals surface area contributed by atoms with E-state index < -0.39 is 0 Å². The van der Waals surface area contributed by atoms with Crippen molar-refractivity contribution in [3.8, 4) is 0 Å². The van der Waals surface area contributed by atoms with E-state index in [2.05, 4.69) is 59.2 Å². The topological polar surface area (TPSA) is 29.9 Å². The molecule has 0 aliphatic heterocycles. The van der Waals surface area contributed by atoms with Crippen LogP contribution in [0.15, 0.2) is 36.7 Å². The number of imidazole rings is 1. The fourth-order valence-corrected chi connectivity index (χ4v) is 2.35. The van der Waals surface area contributed by atoms with Crippen LogP contribution in [0, 0.1) is 0 Å². The van der Waals surface area contributed by atoms with Gasteiger partial charge in [0, 0.05) is 25.4 Å².